The molecule has 1 aromatic heterocycles. The largest absolute Gasteiger partial charge is 0.490 e. The first-order valence-electron chi connectivity index (χ1n) is 9.61. The molecule has 0 atom stereocenters. The van der Waals surface area contributed by atoms with Gasteiger partial charge in [-0.25, -0.2) is 8.42 Å². The van der Waals surface area contributed by atoms with Crippen molar-refractivity contribution in [1.29, 1.82) is 0 Å². The first-order chi connectivity index (χ1) is 15.4. The molecular weight excluding hydrogens is 468 g/mol. The highest BCUT2D eigenvalue weighted by Crippen LogP contribution is 2.26. The van der Waals surface area contributed by atoms with Crippen molar-refractivity contribution in [2.75, 3.05) is 11.3 Å². The number of rotatable bonds is 8. The van der Waals surface area contributed by atoms with Gasteiger partial charge >= 0.3 is 4.87 Å². The van der Waals surface area contributed by atoms with E-state index in [0.29, 0.717) is 39.8 Å². The molecule has 0 saturated heterocycles. The van der Waals surface area contributed by atoms with E-state index in [-0.39, 0.29) is 9.77 Å². The Balaban J connectivity index is 1.60. The van der Waals surface area contributed by atoms with E-state index in [2.05, 4.69) is 11.3 Å². The molecule has 3 aromatic carbocycles. The SMILES string of the molecule is C=CCOc1ccc(NS(=O)(=O)c2ccc3c(c2)sc(=O)n3Cc2ccccc2Cl)cc1. The molecule has 0 aliphatic rings. The van der Waals surface area contributed by atoms with Crippen LogP contribution in [0, 0.1) is 0 Å². The van der Waals surface area contributed by atoms with Crippen LogP contribution >= 0.6 is 22.9 Å². The fourth-order valence-corrected chi connectivity index (χ4v) is 5.43. The van der Waals surface area contributed by atoms with Gasteiger partial charge in [-0.1, -0.05) is 53.8 Å². The lowest BCUT2D eigenvalue weighted by atomic mass is 10.2. The summed E-state index contributed by atoms with van der Waals surface area (Å²) in [5.41, 5.74) is 1.87. The molecule has 0 aliphatic heterocycles. The number of aromatic nitrogens is 1. The van der Waals surface area contributed by atoms with Crippen molar-refractivity contribution in [3.8, 4) is 5.75 Å². The summed E-state index contributed by atoms with van der Waals surface area (Å²) in [7, 11) is -3.84. The Morgan fingerprint density at radius 2 is 1.84 bits per heavy atom. The molecule has 0 saturated carbocycles. The van der Waals surface area contributed by atoms with Crippen LogP contribution in [0.2, 0.25) is 5.02 Å². The summed E-state index contributed by atoms with van der Waals surface area (Å²) >= 11 is 7.23. The van der Waals surface area contributed by atoms with Crippen LogP contribution < -0.4 is 14.3 Å². The molecule has 0 fully saturated rings. The number of thiazole rings is 1. The van der Waals surface area contributed by atoms with Gasteiger partial charge in [0.05, 0.1) is 21.7 Å². The van der Waals surface area contributed by atoms with E-state index in [0.717, 1.165) is 16.9 Å². The Kier molecular flexibility index (Phi) is 6.36. The van der Waals surface area contributed by atoms with Gasteiger partial charge in [-0.15, -0.1) is 0 Å². The normalized spacial score (nSPS) is 11.4. The molecule has 0 bridgehead atoms. The molecule has 4 rings (SSSR count). The molecule has 1 N–H and O–H groups in total. The summed E-state index contributed by atoms with van der Waals surface area (Å²) in [6.45, 7) is 4.26. The average Bonchev–Trinajstić information content (AvgIpc) is 3.09. The van der Waals surface area contributed by atoms with Crippen molar-refractivity contribution in [2.24, 2.45) is 0 Å². The Bertz CT molecular complexity index is 1440. The summed E-state index contributed by atoms with van der Waals surface area (Å²) < 4.78 is 35.9. The quantitative estimate of drug-likeness (QED) is 0.350. The van der Waals surface area contributed by atoms with Crippen LogP contribution in [0.5, 0.6) is 5.75 Å². The number of halogens is 1. The average molecular weight is 487 g/mol. The molecule has 0 spiro atoms. The van der Waals surface area contributed by atoms with Crippen LogP contribution in [0.1, 0.15) is 5.56 Å². The van der Waals surface area contributed by atoms with Gasteiger partial charge in [-0.05, 0) is 54.1 Å². The Labute approximate surface area is 194 Å². The number of benzene rings is 3. The third kappa shape index (κ3) is 4.72. The van der Waals surface area contributed by atoms with Crippen molar-refractivity contribution in [2.45, 2.75) is 11.4 Å². The Morgan fingerprint density at radius 1 is 1.09 bits per heavy atom. The maximum atomic E-state index is 12.9. The van der Waals surface area contributed by atoms with Crippen molar-refractivity contribution >= 4 is 48.9 Å². The molecule has 6 nitrogen and oxygen atoms in total. The van der Waals surface area contributed by atoms with E-state index in [1.54, 1.807) is 47.0 Å². The van der Waals surface area contributed by atoms with Gasteiger partial charge in [0.2, 0.25) is 0 Å². The minimum absolute atomic E-state index is 0.0723. The zero-order valence-electron chi connectivity index (χ0n) is 16.8. The predicted octanol–water partition coefficient (Wildman–Crippen LogP) is 5.13. The van der Waals surface area contributed by atoms with Gasteiger partial charge in [0.15, 0.2) is 0 Å². The third-order valence-corrected chi connectivity index (χ3v) is 7.40. The van der Waals surface area contributed by atoms with Crippen LogP contribution in [-0.2, 0) is 16.6 Å². The number of hydrogen-bond acceptors (Lipinski definition) is 5. The molecule has 4 aromatic rings. The zero-order chi connectivity index (χ0) is 22.7. The molecule has 0 amide bonds. The highest BCUT2D eigenvalue weighted by molar-refractivity contribution is 7.92. The highest BCUT2D eigenvalue weighted by Gasteiger charge is 2.17. The van der Waals surface area contributed by atoms with Crippen molar-refractivity contribution < 1.29 is 13.2 Å². The predicted molar refractivity (Wildman–Crippen MR) is 130 cm³/mol. The lowest BCUT2D eigenvalue weighted by molar-refractivity contribution is 0.363. The number of hydrogen-bond donors (Lipinski definition) is 1. The Morgan fingerprint density at radius 3 is 2.56 bits per heavy atom. The lowest BCUT2D eigenvalue weighted by Crippen LogP contribution is -2.14. The van der Waals surface area contributed by atoms with E-state index < -0.39 is 10.0 Å². The van der Waals surface area contributed by atoms with Gasteiger partial charge in [0, 0.05) is 10.7 Å². The summed E-state index contributed by atoms with van der Waals surface area (Å²) in [6, 6.07) is 18.5. The van der Waals surface area contributed by atoms with Crippen molar-refractivity contribution in [3.05, 3.63) is 99.6 Å². The third-order valence-electron chi connectivity index (χ3n) is 4.71. The molecule has 1 heterocycles. The second-order valence-corrected chi connectivity index (χ2v) is 9.99. The van der Waals surface area contributed by atoms with E-state index in [1.165, 1.54) is 12.1 Å². The van der Waals surface area contributed by atoms with Gasteiger partial charge in [-0.2, -0.15) is 0 Å². The zero-order valence-corrected chi connectivity index (χ0v) is 19.2. The summed E-state index contributed by atoms with van der Waals surface area (Å²) in [5, 5.41) is 0.572. The highest BCUT2D eigenvalue weighted by atomic mass is 35.5. The maximum Gasteiger partial charge on any atom is 0.308 e. The summed E-state index contributed by atoms with van der Waals surface area (Å²) in [5.74, 6) is 0.610. The van der Waals surface area contributed by atoms with Crippen molar-refractivity contribution in [3.63, 3.8) is 0 Å². The second-order valence-electron chi connectivity index (χ2n) is 6.90. The lowest BCUT2D eigenvalue weighted by Gasteiger charge is -2.10. The second kappa shape index (κ2) is 9.20. The van der Waals surface area contributed by atoms with Crippen LogP contribution in [-0.4, -0.2) is 19.6 Å². The van der Waals surface area contributed by atoms with Crippen LogP contribution in [0.15, 0.2) is 89.1 Å². The minimum Gasteiger partial charge on any atom is -0.490 e. The van der Waals surface area contributed by atoms with Crippen molar-refractivity contribution in [1.82, 2.24) is 4.57 Å². The van der Waals surface area contributed by atoms with E-state index >= 15 is 0 Å². The molecule has 0 radical (unpaired) electrons. The molecule has 32 heavy (non-hydrogen) atoms. The molecular formula is C23H19ClN2O4S2. The van der Waals surface area contributed by atoms with E-state index in [1.807, 2.05) is 18.2 Å². The fourth-order valence-electron chi connectivity index (χ4n) is 3.15. The number of fused-ring (bicyclic) bond motifs is 1. The van der Waals surface area contributed by atoms with Crippen LogP contribution in [0.25, 0.3) is 10.2 Å². The smallest absolute Gasteiger partial charge is 0.308 e. The van der Waals surface area contributed by atoms with E-state index in [4.69, 9.17) is 16.3 Å². The van der Waals surface area contributed by atoms with E-state index in [9.17, 15) is 13.2 Å². The topological polar surface area (TPSA) is 77.4 Å². The molecule has 0 unspecified atom stereocenters. The fraction of sp³-hybridized carbons (Fsp3) is 0.0870. The Hall–Kier alpha value is -3.07. The maximum absolute atomic E-state index is 12.9. The number of sulfonamides is 1. The number of nitrogens with zero attached hydrogens (tertiary/aromatic N) is 1. The number of ether oxygens (including phenoxy) is 1. The first-order valence-corrected chi connectivity index (χ1v) is 12.3. The summed E-state index contributed by atoms with van der Waals surface area (Å²) in [4.78, 5) is 12.5. The van der Waals surface area contributed by atoms with Gasteiger partial charge in [0.1, 0.15) is 12.4 Å². The van der Waals surface area contributed by atoms with Crippen LogP contribution in [0.3, 0.4) is 0 Å². The number of nitrogens with one attached hydrogen (secondary N) is 1. The summed E-state index contributed by atoms with van der Waals surface area (Å²) in [6.07, 6.45) is 1.63. The molecule has 164 valence electrons. The first kappa shape index (κ1) is 22.1. The number of anilines is 1. The van der Waals surface area contributed by atoms with Gasteiger partial charge < -0.3 is 4.74 Å². The molecule has 9 heteroatoms. The standard InChI is InChI=1S/C23H19ClN2O4S2/c1-2-13-30-18-9-7-17(8-10-18)25-32(28,29)19-11-12-21-22(14-19)31-23(27)26(21)15-16-5-3-4-6-20(16)24/h2-12,14,25H,1,13,15H2. The van der Waals surface area contributed by atoms with Crippen LogP contribution in [0.4, 0.5) is 5.69 Å². The molecule has 0 aliphatic carbocycles. The monoisotopic (exact) mass is 486 g/mol. The minimum atomic E-state index is -3.84. The van der Waals surface area contributed by atoms with Gasteiger partial charge in [0.25, 0.3) is 10.0 Å². The van der Waals surface area contributed by atoms with Gasteiger partial charge in [-0.3, -0.25) is 14.1 Å².